The predicted molar refractivity (Wildman–Crippen MR) is 121 cm³/mol. The monoisotopic (exact) mass is 412 g/mol. The minimum atomic E-state index is -0.460. The number of thioether (sulfide) groups is 1. The van der Waals surface area contributed by atoms with Gasteiger partial charge in [-0.25, -0.2) is 0 Å². The maximum absolute atomic E-state index is 13.1. The summed E-state index contributed by atoms with van der Waals surface area (Å²) >= 11 is 1.67. The highest BCUT2D eigenvalue weighted by Gasteiger charge is 2.28. The molecule has 0 aromatic heterocycles. The first kappa shape index (κ1) is 23.0. The van der Waals surface area contributed by atoms with E-state index in [0.29, 0.717) is 25.1 Å². The van der Waals surface area contributed by atoms with Gasteiger partial charge in [0.25, 0.3) is 0 Å². The van der Waals surface area contributed by atoms with Gasteiger partial charge >= 0.3 is 0 Å². The molecule has 0 saturated heterocycles. The van der Waals surface area contributed by atoms with Crippen molar-refractivity contribution in [3.05, 3.63) is 66.2 Å². The van der Waals surface area contributed by atoms with Crippen molar-refractivity contribution in [3.8, 4) is 0 Å². The van der Waals surface area contributed by atoms with Crippen LogP contribution in [0.25, 0.3) is 0 Å². The summed E-state index contributed by atoms with van der Waals surface area (Å²) in [5, 5.41) is 3.05. The zero-order chi connectivity index (χ0) is 21.1. The van der Waals surface area contributed by atoms with E-state index in [0.717, 1.165) is 16.9 Å². The molecule has 2 amide bonds. The molecule has 29 heavy (non-hydrogen) atoms. The Morgan fingerprint density at radius 2 is 1.59 bits per heavy atom. The summed E-state index contributed by atoms with van der Waals surface area (Å²) in [6, 6.07) is 19.6. The third-order valence-electron chi connectivity index (χ3n) is 4.91. The number of amides is 2. The normalized spacial score (nSPS) is 12.8. The van der Waals surface area contributed by atoms with Gasteiger partial charge in [-0.3, -0.25) is 9.59 Å². The van der Waals surface area contributed by atoms with Crippen LogP contribution in [0.5, 0.6) is 0 Å². The Labute approximate surface area is 179 Å². The molecule has 0 heterocycles. The predicted octanol–water partition coefficient (Wildman–Crippen LogP) is 4.89. The van der Waals surface area contributed by atoms with E-state index in [1.165, 1.54) is 0 Å². The molecule has 0 bridgehead atoms. The number of carbonyl (C=O) groups excluding carboxylic acids is 2. The Hall–Kier alpha value is -2.27. The van der Waals surface area contributed by atoms with Gasteiger partial charge in [-0.2, -0.15) is 0 Å². The topological polar surface area (TPSA) is 49.4 Å². The van der Waals surface area contributed by atoms with Crippen LogP contribution >= 0.6 is 11.8 Å². The lowest BCUT2D eigenvalue weighted by Crippen LogP contribution is -2.50. The Balaban J connectivity index is 2.09. The SMILES string of the molecule is CCC(C)NC(=O)C(CC)N(Cc1ccccc1)C(=O)CCSc1ccccc1. The molecule has 2 aromatic carbocycles. The Bertz CT molecular complexity index is 752. The number of hydrogen-bond donors (Lipinski definition) is 1. The summed E-state index contributed by atoms with van der Waals surface area (Å²) in [5.74, 6) is 0.641. The van der Waals surface area contributed by atoms with Gasteiger partial charge in [0, 0.05) is 29.7 Å². The van der Waals surface area contributed by atoms with Gasteiger partial charge in [-0.1, -0.05) is 62.4 Å². The van der Waals surface area contributed by atoms with Crippen molar-refractivity contribution >= 4 is 23.6 Å². The molecule has 2 rings (SSSR count). The van der Waals surface area contributed by atoms with Crippen LogP contribution in [0.3, 0.4) is 0 Å². The molecule has 0 spiro atoms. The first-order valence-corrected chi connectivity index (χ1v) is 11.3. The molecule has 1 N–H and O–H groups in total. The van der Waals surface area contributed by atoms with Crippen molar-refractivity contribution in [1.82, 2.24) is 10.2 Å². The van der Waals surface area contributed by atoms with Gasteiger partial charge in [0.15, 0.2) is 0 Å². The zero-order valence-electron chi connectivity index (χ0n) is 17.6. The summed E-state index contributed by atoms with van der Waals surface area (Å²) in [5.41, 5.74) is 1.03. The van der Waals surface area contributed by atoms with Gasteiger partial charge in [0.1, 0.15) is 6.04 Å². The van der Waals surface area contributed by atoms with E-state index in [1.54, 1.807) is 16.7 Å². The maximum atomic E-state index is 13.1. The second-order valence-electron chi connectivity index (χ2n) is 7.16. The maximum Gasteiger partial charge on any atom is 0.243 e. The van der Waals surface area contributed by atoms with Crippen molar-refractivity contribution in [2.24, 2.45) is 0 Å². The summed E-state index contributed by atoms with van der Waals surface area (Å²) in [4.78, 5) is 28.9. The van der Waals surface area contributed by atoms with Crippen molar-refractivity contribution in [2.45, 2.75) is 63.6 Å². The van der Waals surface area contributed by atoms with Crippen LogP contribution in [0.4, 0.5) is 0 Å². The second kappa shape index (κ2) is 12.3. The minimum Gasteiger partial charge on any atom is -0.352 e. The zero-order valence-corrected chi connectivity index (χ0v) is 18.5. The molecule has 156 valence electrons. The smallest absolute Gasteiger partial charge is 0.243 e. The van der Waals surface area contributed by atoms with Gasteiger partial charge in [-0.05, 0) is 37.5 Å². The molecule has 0 aliphatic rings. The number of benzene rings is 2. The van der Waals surface area contributed by atoms with E-state index in [2.05, 4.69) is 5.32 Å². The fourth-order valence-electron chi connectivity index (χ4n) is 3.06. The number of carbonyl (C=O) groups is 2. The first-order chi connectivity index (χ1) is 14.0. The van der Waals surface area contributed by atoms with Crippen molar-refractivity contribution < 1.29 is 9.59 Å². The number of hydrogen-bond acceptors (Lipinski definition) is 3. The van der Waals surface area contributed by atoms with Gasteiger partial charge in [-0.15, -0.1) is 11.8 Å². The van der Waals surface area contributed by atoms with Crippen LogP contribution in [-0.4, -0.2) is 34.6 Å². The van der Waals surface area contributed by atoms with Crippen LogP contribution in [-0.2, 0) is 16.1 Å². The van der Waals surface area contributed by atoms with E-state index in [4.69, 9.17) is 0 Å². The van der Waals surface area contributed by atoms with Crippen LogP contribution in [0.2, 0.25) is 0 Å². The lowest BCUT2D eigenvalue weighted by molar-refractivity contribution is -0.141. The number of nitrogens with one attached hydrogen (secondary N) is 1. The minimum absolute atomic E-state index is 0.0171. The molecular formula is C24H32N2O2S. The summed E-state index contributed by atoms with van der Waals surface area (Å²) < 4.78 is 0. The fourth-order valence-corrected chi connectivity index (χ4v) is 3.92. The quantitative estimate of drug-likeness (QED) is 0.535. The van der Waals surface area contributed by atoms with E-state index in [1.807, 2.05) is 81.4 Å². The molecule has 4 nitrogen and oxygen atoms in total. The average Bonchev–Trinajstić information content (AvgIpc) is 2.74. The van der Waals surface area contributed by atoms with Crippen LogP contribution in [0, 0.1) is 0 Å². The van der Waals surface area contributed by atoms with Crippen LogP contribution < -0.4 is 5.32 Å². The molecule has 5 heteroatoms. The lowest BCUT2D eigenvalue weighted by atomic mass is 10.1. The molecule has 0 saturated carbocycles. The standard InChI is InChI=1S/C24H32N2O2S/c1-4-19(3)25-24(28)22(5-2)26(18-20-12-8-6-9-13-20)23(27)16-17-29-21-14-10-7-11-15-21/h6-15,19,22H,4-5,16-18H2,1-3H3,(H,25,28). The Kier molecular flexibility index (Phi) is 9.78. The molecule has 0 aliphatic carbocycles. The van der Waals surface area contributed by atoms with Gasteiger partial charge in [0.05, 0.1) is 0 Å². The number of rotatable bonds is 11. The summed E-state index contributed by atoms with van der Waals surface area (Å²) in [6.45, 7) is 6.44. The molecule has 0 aliphatic heterocycles. The van der Waals surface area contributed by atoms with Crippen molar-refractivity contribution in [1.29, 1.82) is 0 Å². The third-order valence-corrected chi connectivity index (χ3v) is 5.92. The average molecular weight is 413 g/mol. The van der Waals surface area contributed by atoms with Crippen LogP contribution in [0.15, 0.2) is 65.6 Å². The van der Waals surface area contributed by atoms with E-state index < -0.39 is 6.04 Å². The van der Waals surface area contributed by atoms with Gasteiger partial charge in [0.2, 0.25) is 11.8 Å². The van der Waals surface area contributed by atoms with E-state index in [9.17, 15) is 9.59 Å². The second-order valence-corrected chi connectivity index (χ2v) is 8.33. The third kappa shape index (κ3) is 7.58. The summed E-state index contributed by atoms with van der Waals surface area (Å²) in [6.07, 6.45) is 1.86. The molecule has 2 aromatic rings. The Morgan fingerprint density at radius 3 is 2.17 bits per heavy atom. The van der Waals surface area contributed by atoms with Crippen LogP contribution in [0.1, 0.15) is 45.6 Å². The molecular weight excluding hydrogens is 380 g/mol. The van der Waals surface area contributed by atoms with E-state index >= 15 is 0 Å². The summed E-state index contributed by atoms with van der Waals surface area (Å²) in [7, 11) is 0. The van der Waals surface area contributed by atoms with Crippen molar-refractivity contribution in [3.63, 3.8) is 0 Å². The lowest BCUT2D eigenvalue weighted by Gasteiger charge is -2.31. The fraction of sp³-hybridized carbons (Fsp3) is 0.417. The first-order valence-electron chi connectivity index (χ1n) is 10.4. The molecule has 2 atom stereocenters. The largest absolute Gasteiger partial charge is 0.352 e. The van der Waals surface area contributed by atoms with Gasteiger partial charge < -0.3 is 10.2 Å². The highest BCUT2D eigenvalue weighted by atomic mass is 32.2. The number of nitrogens with zero attached hydrogens (tertiary/aromatic N) is 1. The highest BCUT2D eigenvalue weighted by Crippen LogP contribution is 2.20. The van der Waals surface area contributed by atoms with Crippen molar-refractivity contribution in [2.75, 3.05) is 5.75 Å². The highest BCUT2D eigenvalue weighted by molar-refractivity contribution is 7.99. The molecule has 0 fully saturated rings. The molecule has 2 unspecified atom stereocenters. The molecule has 0 radical (unpaired) electrons. The Morgan fingerprint density at radius 1 is 0.966 bits per heavy atom. The van der Waals surface area contributed by atoms with E-state index in [-0.39, 0.29) is 17.9 Å².